The maximum atomic E-state index is 13.5. The zero-order valence-corrected chi connectivity index (χ0v) is 16.6. The lowest BCUT2D eigenvalue weighted by Gasteiger charge is -2.05. The second-order valence-corrected chi connectivity index (χ2v) is 7.17. The Morgan fingerprint density at radius 3 is 2.65 bits per heavy atom. The average Bonchev–Trinajstić information content (AvgIpc) is 3.32. The topological polar surface area (TPSA) is 99.4 Å². The minimum absolute atomic E-state index is 0.0203. The molecule has 0 aliphatic carbocycles. The molecule has 0 radical (unpaired) electrons. The minimum Gasteiger partial charge on any atom is -0.349 e. The third kappa shape index (κ3) is 4.14. The summed E-state index contributed by atoms with van der Waals surface area (Å²) in [4.78, 5) is 12.5. The summed E-state index contributed by atoms with van der Waals surface area (Å²) < 4.78 is 16.9. The number of carbonyl (C=O) groups excluding carboxylic acids is 1. The van der Waals surface area contributed by atoms with Crippen LogP contribution in [0.3, 0.4) is 0 Å². The predicted molar refractivity (Wildman–Crippen MR) is 112 cm³/mol. The number of anilines is 1. The molecule has 8 heteroatoms. The van der Waals surface area contributed by atoms with Crippen molar-refractivity contribution in [2.75, 3.05) is 5.32 Å². The Labute approximate surface area is 177 Å². The van der Waals surface area contributed by atoms with Crippen LogP contribution in [0.1, 0.15) is 22.3 Å². The van der Waals surface area contributed by atoms with Crippen molar-refractivity contribution in [1.82, 2.24) is 14.3 Å². The van der Waals surface area contributed by atoms with E-state index in [1.165, 1.54) is 12.1 Å². The molecule has 31 heavy (non-hydrogen) atoms. The van der Waals surface area contributed by atoms with E-state index < -0.39 is 5.82 Å². The van der Waals surface area contributed by atoms with Gasteiger partial charge in [0, 0.05) is 36.4 Å². The average molecular weight is 412 g/mol. The molecule has 0 fully saturated rings. The Hall–Kier alpha value is -4.43. The molecule has 152 valence electrons. The molecule has 1 N–H and O–H groups in total. The molecule has 2 heterocycles. The van der Waals surface area contributed by atoms with E-state index in [1.807, 2.05) is 35.9 Å². The molecule has 0 saturated carbocycles. The maximum absolute atomic E-state index is 13.5. The second-order valence-electron chi connectivity index (χ2n) is 7.17. The number of fused-ring (bicyclic) bond motifs is 1. The number of benzene rings is 2. The van der Waals surface area contributed by atoms with Crippen molar-refractivity contribution in [2.24, 2.45) is 7.05 Å². The van der Waals surface area contributed by atoms with E-state index in [2.05, 4.69) is 16.5 Å². The summed E-state index contributed by atoms with van der Waals surface area (Å²) in [6.45, 7) is 0.340. The van der Waals surface area contributed by atoms with Gasteiger partial charge >= 0.3 is 0 Å². The van der Waals surface area contributed by atoms with Gasteiger partial charge < -0.3 is 9.88 Å². The standard InChI is InChI=1S/C23H17FN6O/c1-29-14-18(12-26)19-9-15(3-5-21(19)29)10-23(31)27-22-6-7-30(28-22)13-16-2-4-20(24)17(8-16)11-25/h2-9,14H,10,13H2,1H3,(H,27,28,31). The fourth-order valence-corrected chi connectivity index (χ4v) is 3.47. The summed E-state index contributed by atoms with van der Waals surface area (Å²) >= 11 is 0. The Kier molecular flexibility index (Phi) is 5.21. The van der Waals surface area contributed by atoms with Crippen LogP contribution in [0.2, 0.25) is 0 Å². The Balaban J connectivity index is 1.43. The summed E-state index contributed by atoms with van der Waals surface area (Å²) in [5.41, 5.74) is 3.00. The molecule has 7 nitrogen and oxygen atoms in total. The summed E-state index contributed by atoms with van der Waals surface area (Å²) in [5.74, 6) is -0.394. The second kappa shape index (κ2) is 8.13. The first-order valence-electron chi connectivity index (χ1n) is 9.46. The third-order valence-electron chi connectivity index (χ3n) is 4.94. The molecule has 0 aliphatic heterocycles. The van der Waals surface area contributed by atoms with Crippen molar-refractivity contribution in [2.45, 2.75) is 13.0 Å². The molecule has 0 unspecified atom stereocenters. The Morgan fingerprint density at radius 1 is 1.10 bits per heavy atom. The maximum Gasteiger partial charge on any atom is 0.229 e. The summed E-state index contributed by atoms with van der Waals surface area (Å²) in [6, 6.07) is 15.6. The van der Waals surface area contributed by atoms with Crippen LogP contribution in [0.5, 0.6) is 0 Å². The number of aromatic nitrogens is 3. The summed E-state index contributed by atoms with van der Waals surface area (Å²) in [6.07, 6.45) is 3.61. The van der Waals surface area contributed by atoms with Gasteiger partial charge in [-0.05, 0) is 35.4 Å². The molecular formula is C23H17FN6O. The first kappa shape index (κ1) is 19.9. The zero-order chi connectivity index (χ0) is 22.0. The molecule has 0 saturated heterocycles. The van der Waals surface area contributed by atoms with Gasteiger partial charge in [-0.2, -0.15) is 15.6 Å². The molecule has 0 spiro atoms. The highest BCUT2D eigenvalue weighted by Crippen LogP contribution is 2.22. The quantitative estimate of drug-likeness (QED) is 0.542. The van der Waals surface area contributed by atoms with Crippen LogP contribution < -0.4 is 5.32 Å². The Bertz CT molecular complexity index is 1390. The van der Waals surface area contributed by atoms with Gasteiger partial charge in [0.05, 0.1) is 24.1 Å². The van der Waals surface area contributed by atoms with Crippen molar-refractivity contribution < 1.29 is 9.18 Å². The molecule has 1 amide bonds. The van der Waals surface area contributed by atoms with Crippen molar-refractivity contribution in [1.29, 1.82) is 10.5 Å². The normalized spacial score (nSPS) is 10.6. The van der Waals surface area contributed by atoms with Crippen LogP contribution in [0.4, 0.5) is 10.2 Å². The van der Waals surface area contributed by atoms with Crippen molar-refractivity contribution in [3.63, 3.8) is 0 Å². The number of hydrogen-bond acceptors (Lipinski definition) is 4. The van der Waals surface area contributed by atoms with Crippen LogP contribution in [-0.2, 0) is 24.8 Å². The molecule has 0 bridgehead atoms. The number of rotatable bonds is 5. The summed E-state index contributed by atoms with van der Waals surface area (Å²) in [7, 11) is 1.87. The number of amides is 1. The van der Waals surface area contributed by atoms with E-state index in [4.69, 9.17) is 5.26 Å². The van der Waals surface area contributed by atoms with E-state index in [-0.39, 0.29) is 17.9 Å². The van der Waals surface area contributed by atoms with E-state index in [0.717, 1.165) is 22.0 Å². The molecular weight excluding hydrogens is 395 g/mol. The number of nitrogens with one attached hydrogen (secondary N) is 1. The number of aryl methyl sites for hydroxylation is 1. The highest BCUT2D eigenvalue weighted by molar-refractivity contribution is 5.93. The van der Waals surface area contributed by atoms with E-state index in [1.54, 1.807) is 29.2 Å². The number of nitrogens with zero attached hydrogens (tertiary/aromatic N) is 5. The van der Waals surface area contributed by atoms with Crippen molar-refractivity contribution in [3.8, 4) is 12.1 Å². The van der Waals surface area contributed by atoms with Gasteiger partial charge in [0.2, 0.25) is 5.91 Å². The highest BCUT2D eigenvalue weighted by atomic mass is 19.1. The third-order valence-corrected chi connectivity index (χ3v) is 4.94. The monoisotopic (exact) mass is 412 g/mol. The molecule has 0 atom stereocenters. The number of halogens is 1. The first-order chi connectivity index (χ1) is 15.0. The highest BCUT2D eigenvalue weighted by Gasteiger charge is 2.11. The lowest BCUT2D eigenvalue weighted by Crippen LogP contribution is -2.15. The van der Waals surface area contributed by atoms with Crippen LogP contribution in [0, 0.1) is 28.5 Å². The van der Waals surface area contributed by atoms with E-state index >= 15 is 0 Å². The molecule has 4 rings (SSSR count). The van der Waals surface area contributed by atoms with Gasteiger partial charge in [-0.15, -0.1) is 0 Å². The fraction of sp³-hybridized carbons (Fsp3) is 0.130. The van der Waals surface area contributed by atoms with E-state index in [9.17, 15) is 14.4 Å². The van der Waals surface area contributed by atoms with E-state index in [0.29, 0.717) is 17.9 Å². The van der Waals surface area contributed by atoms with Crippen molar-refractivity contribution in [3.05, 3.63) is 82.9 Å². The molecule has 2 aromatic heterocycles. The van der Waals surface area contributed by atoms with Crippen LogP contribution in [0.15, 0.2) is 54.9 Å². The van der Waals surface area contributed by atoms with Gasteiger partial charge in [-0.3, -0.25) is 9.48 Å². The molecule has 0 aliphatic rings. The van der Waals surface area contributed by atoms with Gasteiger partial charge in [-0.25, -0.2) is 4.39 Å². The number of nitriles is 2. The van der Waals surface area contributed by atoms with Gasteiger partial charge in [-0.1, -0.05) is 12.1 Å². The Morgan fingerprint density at radius 2 is 1.87 bits per heavy atom. The minimum atomic E-state index is -0.560. The number of hydrogen-bond donors (Lipinski definition) is 1. The lowest BCUT2D eigenvalue weighted by atomic mass is 10.1. The van der Waals surface area contributed by atoms with Gasteiger partial charge in [0.15, 0.2) is 5.82 Å². The largest absolute Gasteiger partial charge is 0.349 e. The smallest absolute Gasteiger partial charge is 0.229 e. The SMILES string of the molecule is Cn1cc(C#N)c2cc(CC(=O)Nc3ccn(Cc4ccc(F)c(C#N)c4)n3)ccc21. The van der Waals surface area contributed by atoms with Crippen LogP contribution in [0.25, 0.3) is 10.9 Å². The van der Waals surface area contributed by atoms with Gasteiger partial charge in [0.1, 0.15) is 18.0 Å². The van der Waals surface area contributed by atoms with Gasteiger partial charge in [0.25, 0.3) is 0 Å². The zero-order valence-electron chi connectivity index (χ0n) is 16.6. The van der Waals surface area contributed by atoms with Crippen LogP contribution in [-0.4, -0.2) is 20.3 Å². The fourth-order valence-electron chi connectivity index (χ4n) is 3.47. The lowest BCUT2D eigenvalue weighted by molar-refractivity contribution is -0.115. The summed E-state index contributed by atoms with van der Waals surface area (Å²) in [5, 5.41) is 26.1. The molecule has 2 aromatic carbocycles. The number of carbonyl (C=O) groups is 1. The van der Waals surface area contributed by atoms with Crippen LogP contribution >= 0.6 is 0 Å². The molecule has 4 aromatic rings. The first-order valence-corrected chi connectivity index (χ1v) is 9.46. The predicted octanol–water partition coefficient (Wildman–Crippen LogP) is 3.49. The van der Waals surface area contributed by atoms with Crippen molar-refractivity contribution >= 4 is 22.6 Å².